The van der Waals surface area contributed by atoms with E-state index >= 15 is 0 Å². The third kappa shape index (κ3) is 3.73. The van der Waals surface area contributed by atoms with E-state index in [1.54, 1.807) is 24.3 Å². The summed E-state index contributed by atoms with van der Waals surface area (Å²) in [5.41, 5.74) is -0.220. The molecule has 2 aromatic rings. The van der Waals surface area contributed by atoms with Crippen LogP contribution in [0, 0.1) is 0 Å². The van der Waals surface area contributed by atoms with Crippen molar-refractivity contribution in [3.8, 4) is 0 Å². The minimum atomic E-state index is -1.40. The van der Waals surface area contributed by atoms with Gasteiger partial charge in [-0.05, 0) is 18.2 Å². The van der Waals surface area contributed by atoms with E-state index in [2.05, 4.69) is 15.6 Å². The van der Waals surface area contributed by atoms with Crippen LogP contribution in [0.15, 0.2) is 47.4 Å². The van der Waals surface area contributed by atoms with E-state index in [-0.39, 0.29) is 5.82 Å². The van der Waals surface area contributed by atoms with E-state index in [1.165, 1.54) is 12.3 Å². The van der Waals surface area contributed by atoms with Crippen molar-refractivity contribution in [1.29, 1.82) is 0 Å². The average Bonchev–Trinajstić information content (AvgIpc) is 2.91. The van der Waals surface area contributed by atoms with Gasteiger partial charge in [-0.25, -0.2) is 9.59 Å². The summed E-state index contributed by atoms with van der Waals surface area (Å²) in [4.78, 5) is 27.8. The number of para-hydroxylation sites is 1. The van der Waals surface area contributed by atoms with Gasteiger partial charge in [0.2, 0.25) is 0 Å². The van der Waals surface area contributed by atoms with Crippen LogP contribution in [0.3, 0.4) is 0 Å². The Morgan fingerprint density at radius 2 is 1.88 bits per heavy atom. The predicted octanol–water partition coefficient (Wildman–Crippen LogP) is -0.501. The molecule has 138 valence electrons. The number of hydrogen-bond donors (Lipinski definition) is 5. The number of hydrogen-bond acceptors (Lipinski definition) is 7. The number of rotatable bonds is 4. The van der Waals surface area contributed by atoms with Gasteiger partial charge in [0, 0.05) is 11.9 Å². The van der Waals surface area contributed by atoms with Gasteiger partial charge in [-0.2, -0.15) is 4.98 Å². The molecule has 0 radical (unpaired) electrons. The molecule has 1 fully saturated rings. The summed E-state index contributed by atoms with van der Waals surface area (Å²) in [5, 5.41) is 33.8. The number of nitrogens with zero attached hydrogens (tertiary/aromatic N) is 2. The zero-order valence-electron chi connectivity index (χ0n) is 13.5. The van der Waals surface area contributed by atoms with Gasteiger partial charge in [-0.15, -0.1) is 0 Å². The third-order valence-electron chi connectivity index (χ3n) is 3.89. The molecule has 5 N–H and O–H groups in total. The molecule has 3 rings (SSSR count). The fourth-order valence-electron chi connectivity index (χ4n) is 2.59. The Balaban J connectivity index is 1.70. The summed E-state index contributed by atoms with van der Waals surface area (Å²) < 4.78 is 6.25. The Hall–Kier alpha value is -2.79. The molecule has 0 unspecified atom stereocenters. The number of aliphatic hydroxyl groups excluding tert-OH is 3. The van der Waals surface area contributed by atoms with Crippen LogP contribution in [-0.4, -0.2) is 55.8 Å². The number of urea groups is 1. The molecule has 1 aliphatic rings. The monoisotopic (exact) mass is 362 g/mol. The van der Waals surface area contributed by atoms with Crippen molar-refractivity contribution >= 4 is 17.5 Å². The summed E-state index contributed by atoms with van der Waals surface area (Å²) >= 11 is 0. The topological polar surface area (TPSA) is 146 Å². The van der Waals surface area contributed by atoms with E-state index < -0.39 is 42.9 Å². The molecular formula is C16H18N4O6. The fourth-order valence-corrected chi connectivity index (χ4v) is 2.59. The molecule has 10 nitrogen and oxygen atoms in total. The SMILES string of the molecule is O=C(Nc1ccccc1)Nc1ccn([C@@H]2O[C@H](CO)[C@@H](O)[C@H]2O)c(=O)n1. The third-order valence-corrected chi connectivity index (χ3v) is 3.89. The maximum atomic E-state index is 12.2. The second-order valence-corrected chi connectivity index (χ2v) is 5.68. The Labute approximate surface area is 147 Å². The van der Waals surface area contributed by atoms with Crippen LogP contribution < -0.4 is 16.3 Å². The molecule has 0 aliphatic carbocycles. The Kier molecular flexibility index (Phi) is 5.28. The van der Waals surface area contributed by atoms with E-state index in [0.29, 0.717) is 5.69 Å². The Morgan fingerprint density at radius 3 is 2.50 bits per heavy atom. The van der Waals surface area contributed by atoms with Gasteiger partial charge < -0.3 is 25.4 Å². The maximum Gasteiger partial charge on any atom is 0.351 e. The highest BCUT2D eigenvalue weighted by Gasteiger charge is 2.43. The molecule has 10 heteroatoms. The van der Waals surface area contributed by atoms with E-state index in [1.807, 2.05) is 6.07 Å². The van der Waals surface area contributed by atoms with Crippen molar-refractivity contribution in [3.05, 3.63) is 53.1 Å². The number of anilines is 2. The van der Waals surface area contributed by atoms with Crippen LogP contribution in [-0.2, 0) is 4.74 Å². The zero-order chi connectivity index (χ0) is 18.7. The summed E-state index contributed by atoms with van der Waals surface area (Å²) in [6.45, 7) is -0.504. The normalized spacial score (nSPS) is 25.0. The smallest absolute Gasteiger partial charge is 0.351 e. The van der Waals surface area contributed by atoms with Crippen LogP contribution in [0.25, 0.3) is 0 Å². The van der Waals surface area contributed by atoms with E-state index in [4.69, 9.17) is 9.84 Å². The number of amides is 2. The van der Waals surface area contributed by atoms with Crippen LogP contribution in [0.2, 0.25) is 0 Å². The first-order valence-electron chi connectivity index (χ1n) is 7.84. The number of carbonyl (C=O) groups is 1. The van der Waals surface area contributed by atoms with Crippen molar-refractivity contribution in [2.24, 2.45) is 0 Å². The first-order valence-corrected chi connectivity index (χ1v) is 7.84. The second kappa shape index (κ2) is 7.62. The highest BCUT2D eigenvalue weighted by atomic mass is 16.6. The van der Waals surface area contributed by atoms with E-state index in [9.17, 15) is 19.8 Å². The molecule has 0 saturated carbocycles. The average molecular weight is 362 g/mol. The van der Waals surface area contributed by atoms with Crippen molar-refractivity contribution in [3.63, 3.8) is 0 Å². The van der Waals surface area contributed by atoms with Gasteiger partial charge in [0.1, 0.15) is 24.1 Å². The first-order chi connectivity index (χ1) is 12.5. The Morgan fingerprint density at radius 1 is 1.15 bits per heavy atom. The van der Waals surface area contributed by atoms with Crippen molar-refractivity contribution in [2.45, 2.75) is 24.5 Å². The van der Waals surface area contributed by atoms with Crippen molar-refractivity contribution in [1.82, 2.24) is 9.55 Å². The van der Waals surface area contributed by atoms with Gasteiger partial charge in [-0.1, -0.05) is 18.2 Å². The molecule has 1 aromatic heterocycles. The molecule has 26 heavy (non-hydrogen) atoms. The molecule has 2 heterocycles. The number of carbonyl (C=O) groups excluding carboxylic acids is 1. The zero-order valence-corrected chi connectivity index (χ0v) is 13.5. The molecular weight excluding hydrogens is 344 g/mol. The van der Waals surface area contributed by atoms with Gasteiger partial charge in [-0.3, -0.25) is 9.88 Å². The van der Waals surface area contributed by atoms with Crippen molar-refractivity contribution in [2.75, 3.05) is 17.2 Å². The molecule has 4 atom stereocenters. The molecule has 2 amide bonds. The lowest BCUT2D eigenvalue weighted by atomic mass is 10.1. The predicted molar refractivity (Wildman–Crippen MR) is 90.6 cm³/mol. The first kappa shape index (κ1) is 18.0. The fraction of sp³-hybridized carbons (Fsp3) is 0.312. The maximum absolute atomic E-state index is 12.2. The number of aliphatic hydroxyl groups is 3. The minimum absolute atomic E-state index is 0.00595. The minimum Gasteiger partial charge on any atom is -0.394 e. The van der Waals surface area contributed by atoms with Gasteiger partial charge in [0.15, 0.2) is 6.23 Å². The number of benzene rings is 1. The van der Waals surface area contributed by atoms with Gasteiger partial charge in [0.05, 0.1) is 6.61 Å². The molecule has 0 spiro atoms. The van der Waals surface area contributed by atoms with Gasteiger partial charge in [0.25, 0.3) is 0 Å². The molecule has 1 aromatic carbocycles. The lowest BCUT2D eigenvalue weighted by molar-refractivity contribution is -0.0549. The summed E-state index contributed by atoms with van der Waals surface area (Å²) in [7, 11) is 0. The molecule has 1 aliphatic heterocycles. The van der Waals surface area contributed by atoms with Crippen LogP contribution in [0.4, 0.5) is 16.3 Å². The largest absolute Gasteiger partial charge is 0.394 e. The number of aromatic nitrogens is 2. The number of ether oxygens (including phenoxy) is 1. The summed E-state index contributed by atoms with van der Waals surface area (Å²) in [6, 6.07) is 9.50. The lowest BCUT2D eigenvalue weighted by Crippen LogP contribution is -2.36. The van der Waals surface area contributed by atoms with Crippen LogP contribution in [0.5, 0.6) is 0 Å². The molecule has 0 bridgehead atoms. The highest BCUT2D eigenvalue weighted by Crippen LogP contribution is 2.28. The van der Waals surface area contributed by atoms with Crippen LogP contribution >= 0.6 is 0 Å². The van der Waals surface area contributed by atoms with Crippen molar-refractivity contribution < 1.29 is 24.9 Å². The summed E-state index contributed by atoms with van der Waals surface area (Å²) in [6.07, 6.45) is -3.64. The lowest BCUT2D eigenvalue weighted by Gasteiger charge is -2.17. The highest BCUT2D eigenvalue weighted by molar-refractivity contribution is 5.99. The van der Waals surface area contributed by atoms with Gasteiger partial charge >= 0.3 is 11.7 Å². The standard InChI is InChI=1S/C16H18N4O6/c21-8-10-12(22)13(23)14(26-10)20-7-6-11(19-16(20)25)18-15(24)17-9-4-2-1-3-5-9/h1-7,10,12-14,21-23H,8H2,(H2,17,18,19,24,25)/t10-,12-,13-,14-/m1/s1. The Bertz CT molecular complexity index is 827. The quantitative estimate of drug-likeness (QED) is 0.493. The summed E-state index contributed by atoms with van der Waals surface area (Å²) in [5.74, 6) is 0.00595. The number of nitrogens with one attached hydrogen (secondary N) is 2. The molecule has 1 saturated heterocycles. The van der Waals surface area contributed by atoms with Crippen LogP contribution in [0.1, 0.15) is 6.23 Å². The second-order valence-electron chi connectivity index (χ2n) is 5.68. The van der Waals surface area contributed by atoms with E-state index in [0.717, 1.165) is 4.57 Å².